The van der Waals surface area contributed by atoms with Gasteiger partial charge in [0.1, 0.15) is 5.75 Å². The van der Waals surface area contributed by atoms with Gasteiger partial charge in [0.15, 0.2) is 0 Å². The molecule has 0 unspecified atom stereocenters. The smallest absolute Gasteiger partial charge is 0.275 e. The molecule has 0 aromatic heterocycles. The van der Waals surface area contributed by atoms with Gasteiger partial charge in [-0.2, -0.15) is 5.10 Å². The van der Waals surface area contributed by atoms with E-state index in [4.69, 9.17) is 11.6 Å². The Bertz CT molecular complexity index is 1290. The number of anilines is 1. The molecule has 3 aromatic carbocycles. The highest BCUT2D eigenvalue weighted by Crippen LogP contribution is 2.41. The number of carbonyl (C=O) groups excluding carboxylic acids is 1. The van der Waals surface area contributed by atoms with Crippen LogP contribution in [-0.2, 0) is 0 Å². The maximum atomic E-state index is 12.6. The van der Waals surface area contributed by atoms with Crippen LogP contribution in [0.1, 0.15) is 55.6 Å². The van der Waals surface area contributed by atoms with E-state index in [1.54, 1.807) is 12.1 Å². The lowest BCUT2D eigenvalue weighted by Gasteiger charge is -2.43. The molecule has 1 aliphatic rings. The number of aromatic hydroxyl groups is 1. The maximum absolute atomic E-state index is 12.6. The van der Waals surface area contributed by atoms with Crippen molar-refractivity contribution in [1.82, 2.24) is 5.43 Å². The summed E-state index contributed by atoms with van der Waals surface area (Å²) in [6, 6.07) is 14.7. The topological polar surface area (TPSA) is 64.9 Å². The van der Waals surface area contributed by atoms with Gasteiger partial charge in [0.05, 0.1) is 22.3 Å². The average molecular weight is 462 g/mol. The van der Waals surface area contributed by atoms with Crippen LogP contribution < -0.4 is 10.3 Å². The molecule has 1 heterocycles. The van der Waals surface area contributed by atoms with Gasteiger partial charge in [-0.1, -0.05) is 48.9 Å². The van der Waals surface area contributed by atoms with Gasteiger partial charge < -0.3 is 10.0 Å². The fourth-order valence-electron chi connectivity index (χ4n) is 4.48. The predicted molar refractivity (Wildman–Crippen MR) is 137 cm³/mol. The van der Waals surface area contributed by atoms with Crippen molar-refractivity contribution in [2.45, 2.75) is 39.7 Å². The zero-order chi connectivity index (χ0) is 23.8. The first kappa shape index (κ1) is 22.9. The number of phenols is 1. The van der Waals surface area contributed by atoms with Crippen molar-refractivity contribution in [1.29, 1.82) is 0 Å². The van der Waals surface area contributed by atoms with Gasteiger partial charge in [-0.25, -0.2) is 5.43 Å². The van der Waals surface area contributed by atoms with Crippen molar-refractivity contribution >= 4 is 45.8 Å². The second-order valence-corrected chi connectivity index (χ2v) is 9.35. The van der Waals surface area contributed by atoms with Crippen molar-refractivity contribution < 1.29 is 9.90 Å². The number of rotatable bonds is 5. The number of benzene rings is 3. The van der Waals surface area contributed by atoms with Crippen LogP contribution in [-0.4, -0.2) is 29.3 Å². The zero-order valence-corrected chi connectivity index (χ0v) is 20.1. The maximum Gasteiger partial charge on any atom is 0.275 e. The molecule has 0 atom stereocenters. The second kappa shape index (κ2) is 8.91. The van der Waals surface area contributed by atoms with Crippen LogP contribution in [0, 0.1) is 0 Å². The molecule has 0 radical (unpaired) electrons. The monoisotopic (exact) mass is 461 g/mol. The molecule has 0 bridgehead atoms. The molecule has 5 nitrogen and oxygen atoms in total. The van der Waals surface area contributed by atoms with E-state index in [9.17, 15) is 9.90 Å². The lowest BCUT2D eigenvalue weighted by molar-refractivity contribution is 0.0952. The highest BCUT2D eigenvalue weighted by Gasteiger charge is 2.31. The number of hydrogen-bond acceptors (Lipinski definition) is 4. The summed E-state index contributed by atoms with van der Waals surface area (Å²) < 4.78 is 0. The Balaban J connectivity index is 1.59. The molecule has 0 saturated carbocycles. The van der Waals surface area contributed by atoms with E-state index in [1.165, 1.54) is 11.8 Å². The summed E-state index contributed by atoms with van der Waals surface area (Å²) >= 11 is 6.60. The molecule has 170 valence electrons. The number of phenolic OH excluding ortho intramolecular Hbond substituents is 1. The first-order chi connectivity index (χ1) is 15.7. The molecule has 1 aliphatic heterocycles. The number of fused-ring (bicyclic) bond motifs is 2. The molecule has 0 saturated heterocycles. The number of allylic oxidation sites excluding steroid dienone is 1. The third-order valence-electron chi connectivity index (χ3n) is 6.02. The Hall–Kier alpha value is -3.31. The molecule has 33 heavy (non-hydrogen) atoms. The number of nitrogens with one attached hydrogen (secondary N) is 1. The van der Waals surface area contributed by atoms with Crippen LogP contribution >= 0.6 is 11.6 Å². The van der Waals surface area contributed by atoms with Gasteiger partial charge in [0.25, 0.3) is 5.91 Å². The van der Waals surface area contributed by atoms with E-state index >= 15 is 0 Å². The van der Waals surface area contributed by atoms with E-state index in [2.05, 4.69) is 49.2 Å². The summed E-state index contributed by atoms with van der Waals surface area (Å²) in [5.41, 5.74) is 6.67. The highest BCUT2D eigenvalue weighted by atomic mass is 35.5. The fraction of sp³-hybridized carbons (Fsp3) is 0.259. The SMILES string of the molecule is CCCN1c2cc(Cl)c(/C=N\NC(=O)c3cc4ccccc4cc3O)cc2C(C)=CC1(C)C. The van der Waals surface area contributed by atoms with Crippen molar-refractivity contribution in [2.75, 3.05) is 11.4 Å². The van der Waals surface area contributed by atoms with Crippen LogP contribution in [0.3, 0.4) is 0 Å². The normalized spacial score (nSPS) is 14.9. The van der Waals surface area contributed by atoms with Crippen molar-refractivity contribution in [2.24, 2.45) is 5.10 Å². The molecule has 0 aliphatic carbocycles. The van der Waals surface area contributed by atoms with Gasteiger partial charge in [-0.15, -0.1) is 0 Å². The molecule has 4 rings (SSSR count). The first-order valence-corrected chi connectivity index (χ1v) is 11.4. The van der Waals surface area contributed by atoms with E-state index in [0.717, 1.165) is 35.0 Å². The van der Waals surface area contributed by atoms with Crippen molar-refractivity contribution in [3.05, 3.63) is 76.3 Å². The Morgan fingerprint density at radius 3 is 2.58 bits per heavy atom. The molecular weight excluding hydrogens is 434 g/mol. The van der Waals surface area contributed by atoms with Crippen LogP contribution in [0.5, 0.6) is 5.75 Å². The van der Waals surface area contributed by atoms with Crippen molar-refractivity contribution in [3.8, 4) is 5.75 Å². The third kappa shape index (κ3) is 4.46. The number of carbonyl (C=O) groups is 1. The zero-order valence-electron chi connectivity index (χ0n) is 19.3. The lowest BCUT2D eigenvalue weighted by Crippen LogP contribution is -2.45. The summed E-state index contributed by atoms with van der Waals surface area (Å²) in [6.07, 6.45) is 4.84. The number of amides is 1. The molecule has 6 heteroatoms. The van der Waals surface area contributed by atoms with E-state index < -0.39 is 5.91 Å². The quantitative estimate of drug-likeness (QED) is 0.342. The second-order valence-electron chi connectivity index (χ2n) is 8.94. The van der Waals surface area contributed by atoms with Gasteiger partial charge in [-0.3, -0.25) is 4.79 Å². The number of hydrogen-bond donors (Lipinski definition) is 2. The van der Waals surface area contributed by atoms with Crippen LogP contribution in [0.4, 0.5) is 5.69 Å². The predicted octanol–water partition coefficient (Wildman–Crippen LogP) is 6.37. The highest BCUT2D eigenvalue weighted by molar-refractivity contribution is 6.33. The van der Waals surface area contributed by atoms with E-state index in [-0.39, 0.29) is 16.9 Å². The Labute approximate surface area is 199 Å². The van der Waals surface area contributed by atoms with Gasteiger partial charge >= 0.3 is 0 Å². The van der Waals surface area contributed by atoms with Crippen LogP contribution in [0.15, 0.2) is 59.7 Å². The summed E-state index contributed by atoms with van der Waals surface area (Å²) in [5.74, 6) is -0.580. The Morgan fingerprint density at radius 1 is 1.18 bits per heavy atom. The largest absolute Gasteiger partial charge is 0.507 e. The minimum Gasteiger partial charge on any atom is -0.507 e. The summed E-state index contributed by atoms with van der Waals surface area (Å²) in [7, 11) is 0. The Morgan fingerprint density at radius 2 is 1.88 bits per heavy atom. The lowest BCUT2D eigenvalue weighted by atomic mass is 9.88. The number of hydrazone groups is 1. The first-order valence-electron chi connectivity index (χ1n) is 11.1. The average Bonchev–Trinajstić information content (AvgIpc) is 2.76. The number of nitrogens with zero attached hydrogens (tertiary/aromatic N) is 2. The standard InChI is InChI=1S/C27H28ClN3O2/c1-5-10-31-24-14-23(28)20(12-21(24)17(2)15-27(31,3)4)16-29-30-26(33)22-11-18-8-6-7-9-19(18)13-25(22)32/h6-9,11-16,32H,5,10H2,1-4H3,(H,30,33)/b29-16-. The van der Waals surface area contributed by atoms with Crippen LogP contribution in [0.25, 0.3) is 16.3 Å². The summed E-state index contributed by atoms with van der Waals surface area (Å²) in [4.78, 5) is 15.0. The number of halogens is 1. The summed E-state index contributed by atoms with van der Waals surface area (Å²) in [6.45, 7) is 9.60. The van der Waals surface area contributed by atoms with Gasteiger partial charge in [0.2, 0.25) is 0 Å². The van der Waals surface area contributed by atoms with Gasteiger partial charge in [0, 0.05) is 23.4 Å². The van der Waals surface area contributed by atoms with Crippen LogP contribution in [0.2, 0.25) is 5.02 Å². The molecular formula is C27H28ClN3O2. The molecule has 0 spiro atoms. The summed E-state index contributed by atoms with van der Waals surface area (Å²) in [5, 5.41) is 16.7. The Kier molecular flexibility index (Phi) is 6.17. The molecule has 0 fully saturated rings. The van der Waals surface area contributed by atoms with E-state index in [1.807, 2.05) is 36.4 Å². The molecule has 2 N–H and O–H groups in total. The van der Waals surface area contributed by atoms with Crippen molar-refractivity contribution in [3.63, 3.8) is 0 Å². The van der Waals surface area contributed by atoms with Gasteiger partial charge in [-0.05, 0) is 67.8 Å². The minimum atomic E-state index is -0.490. The fourth-order valence-corrected chi connectivity index (χ4v) is 4.68. The van der Waals surface area contributed by atoms with E-state index in [0.29, 0.717) is 10.6 Å². The molecule has 3 aromatic rings. The minimum absolute atomic E-state index is 0.0902. The third-order valence-corrected chi connectivity index (χ3v) is 6.35. The molecule has 1 amide bonds.